The average molecular weight is 300 g/mol. The van der Waals surface area contributed by atoms with E-state index in [0.29, 0.717) is 24.3 Å². The first-order valence-corrected chi connectivity index (χ1v) is 8.08. The smallest absolute Gasteiger partial charge is 0.167 e. The molecule has 22 heavy (non-hydrogen) atoms. The second-order valence-corrected chi connectivity index (χ2v) is 6.81. The molecule has 2 unspecified atom stereocenters. The molecule has 0 aromatic heterocycles. The summed E-state index contributed by atoms with van der Waals surface area (Å²) in [7, 11) is 0. The molecule has 1 saturated heterocycles. The Kier molecular flexibility index (Phi) is 4.09. The Balaban J connectivity index is 1.97. The van der Waals surface area contributed by atoms with Crippen molar-refractivity contribution in [3.8, 4) is 0 Å². The largest absolute Gasteiger partial charge is 0.512 e. The Hall–Kier alpha value is -1.61. The lowest BCUT2D eigenvalue weighted by Crippen LogP contribution is -2.25. The number of carbonyl (C=O) groups excluding carboxylic acids is 1. The van der Waals surface area contributed by atoms with Gasteiger partial charge in [-0.05, 0) is 55.7 Å². The van der Waals surface area contributed by atoms with Gasteiger partial charge in [-0.3, -0.25) is 4.79 Å². The summed E-state index contributed by atoms with van der Waals surface area (Å²) in [5, 5.41) is 10.6. The number of Topliss-reactive ketones (excluding diaryl/α,β-unsaturated/α-hetero) is 1. The Labute approximate surface area is 132 Å². The molecule has 0 spiro atoms. The summed E-state index contributed by atoms with van der Waals surface area (Å²) in [4.78, 5) is 12.7. The van der Waals surface area contributed by atoms with Gasteiger partial charge in [-0.1, -0.05) is 17.7 Å². The van der Waals surface area contributed by atoms with Crippen molar-refractivity contribution in [2.24, 2.45) is 11.8 Å². The van der Waals surface area contributed by atoms with Gasteiger partial charge in [0.05, 0.1) is 5.57 Å². The summed E-state index contributed by atoms with van der Waals surface area (Å²) in [6, 6.07) is 4.15. The van der Waals surface area contributed by atoms with Gasteiger partial charge < -0.3 is 9.84 Å². The summed E-state index contributed by atoms with van der Waals surface area (Å²) in [5.74, 6) is 0.983. The lowest BCUT2D eigenvalue weighted by molar-refractivity contribution is -0.115. The van der Waals surface area contributed by atoms with Crippen molar-refractivity contribution in [1.29, 1.82) is 0 Å². The van der Waals surface area contributed by atoms with Gasteiger partial charge in [0.25, 0.3) is 0 Å². The molecule has 118 valence electrons. The molecule has 1 fully saturated rings. The topological polar surface area (TPSA) is 46.5 Å². The van der Waals surface area contributed by atoms with Gasteiger partial charge >= 0.3 is 0 Å². The van der Waals surface area contributed by atoms with Crippen LogP contribution in [-0.4, -0.2) is 24.1 Å². The van der Waals surface area contributed by atoms with E-state index in [1.807, 2.05) is 13.8 Å². The molecule has 1 heterocycles. The lowest BCUT2D eigenvalue weighted by Gasteiger charge is -2.28. The van der Waals surface area contributed by atoms with Crippen LogP contribution in [0.2, 0.25) is 0 Å². The molecule has 0 radical (unpaired) electrons. The van der Waals surface area contributed by atoms with Crippen LogP contribution >= 0.6 is 0 Å². The quantitative estimate of drug-likeness (QED) is 0.901. The Morgan fingerprint density at radius 3 is 2.32 bits per heavy atom. The van der Waals surface area contributed by atoms with Gasteiger partial charge in [-0.15, -0.1) is 0 Å². The zero-order chi connectivity index (χ0) is 15.9. The van der Waals surface area contributed by atoms with Crippen LogP contribution in [0, 0.1) is 32.6 Å². The van der Waals surface area contributed by atoms with Crippen LogP contribution in [0.15, 0.2) is 17.9 Å². The number of ether oxygens (including phenoxy) is 1. The maximum atomic E-state index is 12.7. The molecule has 0 bridgehead atoms. The molecule has 0 saturated carbocycles. The third kappa shape index (κ3) is 2.70. The van der Waals surface area contributed by atoms with E-state index in [1.54, 1.807) is 0 Å². The molecule has 1 aliphatic carbocycles. The van der Waals surface area contributed by atoms with Crippen LogP contribution in [0.5, 0.6) is 0 Å². The zero-order valence-corrected chi connectivity index (χ0v) is 13.6. The van der Waals surface area contributed by atoms with Crippen molar-refractivity contribution in [3.05, 3.63) is 40.1 Å². The van der Waals surface area contributed by atoms with Crippen LogP contribution in [0.3, 0.4) is 0 Å². The average Bonchev–Trinajstić information content (AvgIpc) is 2.94. The second kappa shape index (κ2) is 5.88. The van der Waals surface area contributed by atoms with Crippen LogP contribution < -0.4 is 0 Å². The number of hydrogen-bond acceptors (Lipinski definition) is 3. The molecule has 1 aromatic rings. The molecule has 3 rings (SSSR count). The van der Waals surface area contributed by atoms with E-state index in [9.17, 15) is 9.90 Å². The third-order valence-corrected chi connectivity index (χ3v) is 5.03. The molecule has 3 nitrogen and oxygen atoms in total. The first-order valence-electron chi connectivity index (χ1n) is 8.08. The van der Waals surface area contributed by atoms with Gasteiger partial charge in [0.1, 0.15) is 5.76 Å². The second-order valence-electron chi connectivity index (χ2n) is 6.81. The normalized spacial score (nSPS) is 25.9. The highest BCUT2D eigenvalue weighted by atomic mass is 16.5. The summed E-state index contributed by atoms with van der Waals surface area (Å²) < 4.78 is 5.43. The number of aliphatic hydroxyl groups is 1. The van der Waals surface area contributed by atoms with E-state index in [-0.39, 0.29) is 17.5 Å². The van der Waals surface area contributed by atoms with E-state index in [2.05, 4.69) is 19.1 Å². The number of allylic oxidation sites excluding steroid dienone is 2. The van der Waals surface area contributed by atoms with Crippen molar-refractivity contribution in [3.63, 3.8) is 0 Å². The van der Waals surface area contributed by atoms with Gasteiger partial charge in [-0.25, -0.2) is 0 Å². The molecule has 1 aliphatic heterocycles. The van der Waals surface area contributed by atoms with E-state index in [0.717, 1.165) is 36.3 Å². The summed E-state index contributed by atoms with van der Waals surface area (Å²) in [5.41, 5.74) is 4.78. The predicted octanol–water partition coefficient (Wildman–Crippen LogP) is 3.90. The lowest BCUT2D eigenvalue weighted by atomic mass is 9.76. The minimum Gasteiger partial charge on any atom is -0.512 e. The van der Waals surface area contributed by atoms with E-state index >= 15 is 0 Å². The molecule has 2 atom stereocenters. The third-order valence-electron chi connectivity index (χ3n) is 5.03. The fraction of sp³-hybridized carbons (Fsp3) is 0.526. The number of ketones is 1. The van der Waals surface area contributed by atoms with Crippen molar-refractivity contribution in [1.82, 2.24) is 0 Å². The minimum absolute atomic E-state index is 0.0794. The van der Waals surface area contributed by atoms with Crippen molar-refractivity contribution >= 4 is 11.4 Å². The van der Waals surface area contributed by atoms with Gasteiger partial charge in [0.2, 0.25) is 0 Å². The number of benzene rings is 1. The SMILES string of the molecule is Cc1cc(C)c(C2=C(O)CC(C3CCOC3)CC2=O)c(C)c1. The first kappa shape index (κ1) is 15.3. The van der Waals surface area contributed by atoms with Crippen molar-refractivity contribution in [2.75, 3.05) is 13.2 Å². The van der Waals surface area contributed by atoms with E-state index in [4.69, 9.17) is 4.74 Å². The molecule has 0 amide bonds. The highest BCUT2D eigenvalue weighted by molar-refractivity contribution is 6.22. The summed E-state index contributed by atoms with van der Waals surface area (Å²) >= 11 is 0. The Morgan fingerprint density at radius 1 is 1.09 bits per heavy atom. The summed E-state index contributed by atoms with van der Waals surface area (Å²) in [6.07, 6.45) is 2.13. The number of aryl methyl sites for hydroxylation is 3. The van der Waals surface area contributed by atoms with Gasteiger partial charge in [0, 0.05) is 26.1 Å². The highest BCUT2D eigenvalue weighted by Gasteiger charge is 2.35. The Bertz CT molecular complexity index is 613. The predicted molar refractivity (Wildman–Crippen MR) is 86.9 cm³/mol. The van der Waals surface area contributed by atoms with Crippen molar-refractivity contribution in [2.45, 2.75) is 40.0 Å². The van der Waals surface area contributed by atoms with Crippen LogP contribution in [0.25, 0.3) is 5.57 Å². The molecule has 1 aromatic carbocycles. The van der Waals surface area contributed by atoms with Crippen LogP contribution in [-0.2, 0) is 9.53 Å². The van der Waals surface area contributed by atoms with Crippen LogP contribution in [0.1, 0.15) is 41.5 Å². The highest BCUT2D eigenvalue weighted by Crippen LogP contribution is 2.39. The molecular formula is C19H24O3. The molecule has 2 aliphatic rings. The minimum atomic E-state index is 0.0794. The maximum absolute atomic E-state index is 12.7. The Morgan fingerprint density at radius 2 is 1.77 bits per heavy atom. The monoisotopic (exact) mass is 300 g/mol. The van der Waals surface area contributed by atoms with E-state index < -0.39 is 0 Å². The molecule has 1 N–H and O–H groups in total. The number of aliphatic hydroxyl groups excluding tert-OH is 1. The van der Waals surface area contributed by atoms with E-state index in [1.165, 1.54) is 5.56 Å². The number of rotatable bonds is 2. The summed E-state index contributed by atoms with van der Waals surface area (Å²) in [6.45, 7) is 7.59. The fourth-order valence-corrected chi connectivity index (χ4v) is 4.04. The number of hydrogen-bond donors (Lipinski definition) is 1. The zero-order valence-electron chi connectivity index (χ0n) is 13.6. The van der Waals surface area contributed by atoms with Crippen molar-refractivity contribution < 1.29 is 14.6 Å². The number of carbonyl (C=O) groups is 1. The molecule has 3 heteroatoms. The first-order chi connectivity index (χ1) is 10.5. The van der Waals surface area contributed by atoms with Crippen LogP contribution in [0.4, 0.5) is 0 Å². The van der Waals surface area contributed by atoms with Gasteiger partial charge in [-0.2, -0.15) is 0 Å². The standard InChI is InChI=1S/C19H24O3/c1-11-6-12(2)18(13(3)7-11)19-16(20)8-15(9-17(19)21)14-4-5-22-10-14/h6-7,14-15,20H,4-5,8-10H2,1-3H3. The maximum Gasteiger partial charge on any atom is 0.167 e. The fourth-order valence-electron chi connectivity index (χ4n) is 4.04. The molecular weight excluding hydrogens is 276 g/mol. The van der Waals surface area contributed by atoms with Gasteiger partial charge in [0.15, 0.2) is 5.78 Å².